The normalized spacial score (nSPS) is 10.8. The van der Waals surface area contributed by atoms with Crippen LogP contribution in [0.25, 0.3) is 0 Å². The Labute approximate surface area is 128 Å². The van der Waals surface area contributed by atoms with Crippen molar-refractivity contribution in [1.82, 2.24) is 0 Å². The summed E-state index contributed by atoms with van der Waals surface area (Å²) >= 11 is -0.377. The molecule has 0 saturated carbocycles. The molecule has 0 atom stereocenters. The van der Waals surface area contributed by atoms with Crippen LogP contribution in [0.1, 0.15) is 6.42 Å². The van der Waals surface area contributed by atoms with Crippen LogP contribution >= 0.6 is 0 Å². The maximum Gasteiger partial charge on any atom is 1.00 e. The number of anilines is 1. The van der Waals surface area contributed by atoms with Gasteiger partial charge in [-0.15, -0.1) is 0 Å². The second kappa shape index (κ2) is 7.93. The third-order valence-corrected chi connectivity index (χ3v) is 5.61. The first-order valence-corrected chi connectivity index (χ1v) is 8.78. The maximum atomic E-state index is 10.3. The van der Waals surface area contributed by atoms with Crippen LogP contribution in [0.2, 0.25) is 4.47 Å². The van der Waals surface area contributed by atoms with E-state index in [-0.39, 0.29) is 56.2 Å². The van der Waals surface area contributed by atoms with E-state index in [1.54, 1.807) is 0 Å². The predicted molar refractivity (Wildman–Crippen MR) is 60.2 cm³/mol. The molecular formula is C9H12NNaO3STe. The van der Waals surface area contributed by atoms with Gasteiger partial charge in [0, 0.05) is 0 Å². The van der Waals surface area contributed by atoms with Crippen LogP contribution in [0.15, 0.2) is 24.3 Å². The summed E-state index contributed by atoms with van der Waals surface area (Å²) in [5, 5.41) is 0. The summed E-state index contributed by atoms with van der Waals surface area (Å²) in [6.07, 6.45) is 0.471. The van der Waals surface area contributed by atoms with Crippen molar-refractivity contribution in [2.24, 2.45) is 0 Å². The van der Waals surface area contributed by atoms with Crippen LogP contribution < -0.4 is 38.9 Å². The zero-order valence-electron chi connectivity index (χ0n) is 9.05. The molecule has 0 fully saturated rings. The van der Waals surface area contributed by atoms with Gasteiger partial charge in [-0.25, -0.2) is 0 Å². The minimum atomic E-state index is -4.03. The molecule has 0 saturated heterocycles. The molecule has 0 spiro atoms. The van der Waals surface area contributed by atoms with E-state index in [1.165, 1.54) is 3.61 Å². The zero-order valence-corrected chi connectivity index (χ0v) is 14.2. The van der Waals surface area contributed by atoms with E-state index in [0.717, 1.165) is 10.2 Å². The van der Waals surface area contributed by atoms with Crippen molar-refractivity contribution in [2.75, 3.05) is 11.5 Å². The summed E-state index contributed by atoms with van der Waals surface area (Å²) < 4.78 is 33.1. The van der Waals surface area contributed by atoms with Crippen LogP contribution in [0.5, 0.6) is 0 Å². The quantitative estimate of drug-likeness (QED) is 0.260. The number of rotatable bonds is 5. The Morgan fingerprint density at radius 2 is 1.81 bits per heavy atom. The number of hydrogen-bond acceptors (Lipinski definition) is 4. The van der Waals surface area contributed by atoms with Gasteiger partial charge in [0.05, 0.1) is 0 Å². The predicted octanol–water partition coefficient (Wildman–Crippen LogP) is -3.04. The Hall–Kier alpha value is 0.720. The van der Waals surface area contributed by atoms with E-state index in [4.69, 9.17) is 5.73 Å². The average Bonchev–Trinajstić information content (AvgIpc) is 2.14. The first kappa shape index (κ1) is 16.7. The molecule has 0 aliphatic heterocycles. The summed E-state index contributed by atoms with van der Waals surface area (Å²) in [4.78, 5) is 0. The average molecular weight is 365 g/mol. The Balaban J connectivity index is 0.00000225. The van der Waals surface area contributed by atoms with Crippen molar-refractivity contribution >= 4 is 40.3 Å². The van der Waals surface area contributed by atoms with Crippen LogP contribution in [-0.2, 0) is 10.1 Å². The fourth-order valence-corrected chi connectivity index (χ4v) is 4.49. The molecule has 0 aliphatic rings. The summed E-state index contributed by atoms with van der Waals surface area (Å²) in [6, 6.07) is 7.60. The van der Waals surface area contributed by atoms with E-state index < -0.39 is 10.1 Å². The Kier molecular flexibility index (Phi) is 8.29. The molecule has 1 aromatic rings. The van der Waals surface area contributed by atoms with Gasteiger partial charge in [-0.05, 0) is 0 Å². The molecule has 0 aliphatic carbocycles. The van der Waals surface area contributed by atoms with E-state index in [9.17, 15) is 13.0 Å². The fourth-order valence-electron chi connectivity index (χ4n) is 0.990. The van der Waals surface area contributed by atoms with Crippen molar-refractivity contribution in [3.05, 3.63) is 24.3 Å². The third kappa shape index (κ3) is 7.91. The van der Waals surface area contributed by atoms with Gasteiger partial charge in [-0.2, -0.15) is 0 Å². The number of benzene rings is 1. The van der Waals surface area contributed by atoms with Crippen molar-refractivity contribution < 1.29 is 42.5 Å². The zero-order chi connectivity index (χ0) is 11.3. The summed E-state index contributed by atoms with van der Waals surface area (Å²) in [5.74, 6) is -0.243. The van der Waals surface area contributed by atoms with Crippen LogP contribution in [0.3, 0.4) is 0 Å². The van der Waals surface area contributed by atoms with Gasteiger partial charge in [-0.3, -0.25) is 0 Å². The van der Waals surface area contributed by atoms with Crippen LogP contribution in [-0.4, -0.2) is 39.6 Å². The second-order valence-electron chi connectivity index (χ2n) is 3.03. The topological polar surface area (TPSA) is 83.2 Å². The van der Waals surface area contributed by atoms with Crippen LogP contribution in [0.4, 0.5) is 5.69 Å². The molecule has 0 heterocycles. The summed E-state index contributed by atoms with van der Waals surface area (Å²) in [5.41, 5.74) is 6.26. The molecule has 0 unspecified atom stereocenters. The van der Waals surface area contributed by atoms with Gasteiger partial charge in [0.2, 0.25) is 0 Å². The Morgan fingerprint density at radius 3 is 2.31 bits per heavy atom. The van der Waals surface area contributed by atoms with Crippen molar-refractivity contribution in [1.29, 1.82) is 0 Å². The Bertz CT molecular complexity index is 407. The summed E-state index contributed by atoms with van der Waals surface area (Å²) in [6.45, 7) is 0. The van der Waals surface area contributed by atoms with Gasteiger partial charge in [0.15, 0.2) is 0 Å². The molecule has 0 aromatic heterocycles. The first-order valence-electron chi connectivity index (χ1n) is 4.39. The molecule has 2 N–H and O–H groups in total. The van der Waals surface area contributed by atoms with Crippen molar-refractivity contribution in [2.45, 2.75) is 10.9 Å². The monoisotopic (exact) mass is 367 g/mol. The molecule has 0 amide bonds. The van der Waals surface area contributed by atoms with Gasteiger partial charge in [0.1, 0.15) is 0 Å². The van der Waals surface area contributed by atoms with E-state index in [1.807, 2.05) is 24.3 Å². The molecule has 0 radical (unpaired) electrons. The number of hydrogen-bond donors (Lipinski definition) is 1. The number of nitrogen functional groups attached to an aromatic ring is 1. The fraction of sp³-hybridized carbons (Fsp3) is 0.333. The molecule has 1 rings (SSSR count). The second-order valence-corrected chi connectivity index (χ2v) is 7.89. The minimum absolute atomic E-state index is 0. The standard InChI is InChI=1S/C9H13NO3STe.Na/c10-8-2-4-9(5-3-8)15-7-1-6-14(11,12)13;/h2-5H,1,6-7,10H2,(H,11,12,13);/q;+1/p-1. The van der Waals surface area contributed by atoms with E-state index in [2.05, 4.69) is 0 Å². The van der Waals surface area contributed by atoms with Crippen molar-refractivity contribution in [3.8, 4) is 0 Å². The first-order chi connectivity index (χ1) is 6.97. The Morgan fingerprint density at radius 1 is 1.25 bits per heavy atom. The molecule has 0 bridgehead atoms. The number of nitrogens with two attached hydrogens (primary N) is 1. The van der Waals surface area contributed by atoms with Gasteiger partial charge in [-0.1, -0.05) is 0 Å². The smallest absolute Gasteiger partial charge is 1.00 e. The minimum Gasteiger partial charge on any atom is 1.00 e. The molecular weight excluding hydrogens is 353 g/mol. The molecule has 84 valence electrons. The third-order valence-electron chi connectivity index (χ3n) is 1.69. The van der Waals surface area contributed by atoms with Gasteiger partial charge >= 0.3 is 130 Å². The van der Waals surface area contributed by atoms with Crippen LogP contribution in [0, 0.1) is 0 Å². The molecule has 16 heavy (non-hydrogen) atoms. The molecule has 4 nitrogen and oxygen atoms in total. The largest absolute Gasteiger partial charge is 1.00 e. The van der Waals surface area contributed by atoms with E-state index in [0.29, 0.717) is 6.42 Å². The van der Waals surface area contributed by atoms with Gasteiger partial charge < -0.3 is 0 Å². The SMILES string of the molecule is Nc1ccc([Te]CCCS(=O)(=O)[O-])cc1.[Na+]. The van der Waals surface area contributed by atoms with Crippen molar-refractivity contribution in [3.63, 3.8) is 0 Å². The molecule has 7 heteroatoms. The summed E-state index contributed by atoms with van der Waals surface area (Å²) in [7, 11) is -4.03. The van der Waals surface area contributed by atoms with Gasteiger partial charge in [0.25, 0.3) is 0 Å². The maximum absolute atomic E-state index is 10.3. The molecule has 1 aromatic carbocycles. The van der Waals surface area contributed by atoms with E-state index >= 15 is 0 Å².